The van der Waals surface area contributed by atoms with E-state index in [1.807, 2.05) is 30.3 Å². The second kappa shape index (κ2) is 7.31. The number of halogens is 2. The lowest BCUT2D eigenvalue weighted by atomic mass is 9.91. The summed E-state index contributed by atoms with van der Waals surface area (Å²) >= 11 is 0. The van der Waals surface area contributed by atoms with E-state index in [1.54, 1.807) is 19.1 Å². The van der Waals surface area contributed by atoms with Crippen molar-refractivity contribution in [3.8, 4) is 11.1 Å². The van der Waals surface area contributed by atoms with Gasteiger partial charge in [-0.1, -0.05) is 49.4 Å². The summed E-state index contributed by atoms with van der Waals surface area (Å²) in [5.74, 6) is -0.981. The largest absolute Gasteiger partial charge is 0.338 e. The van der Waals surface area contributed by atoms with Crippen LogP contribution in [-0.2, 0) is 4.79 Å². The zero-order chi connectivity index (χ0) is 18.0. The van der Waals surface area contributed by atoms with Gasteiger partial charge in [-0.15, -0.1) is 0 Å². The number of likely N-dealkylation sites (tertiary alicyclic amines) is 1. The second-order valence-electron chi connectivity index (χ2n) is 6.59. The second-order valence-corrected chi connectivity index (χ2v) is 6.59. The van der Waals surface area contributed by atoms with Crippen LogP contribution >= 0.6 is 0 Å². The van der Waals surface area contributed by atoms with Gasteiger partial charge in [-0.3, -0.25) is 4.79 Å². The van der Waals surface area contributed by atoms with Gasteiger partial charge < -0.3 is 10.6 Å². The lowest BCUT2D eigenvalue weighted by Gasteiger charge is -2.25. The van der Waals surface area contributed by atoms with Crippen molar-refractivity contribution in [3.63, 3.8) is 0 Å². The summed E-state index contributed by atoms with van der Waals surface area (Å²) in [6.45, 7) is 2.28. The Balaban J connectivity index is 1.77. The number of hydrogen-bond acceptors (Lipinski definition) is 2. The zero-order valence-electron chi connectivity index (χ0n) is 14.2. The Morgan fingerprint density at radius 2 is 1.96 bits per heavy atom. The summed E-state index contributed by atoms with van der Waals surface area (Å²) in [7, 11) is 0. The summed E-state index contributed by atoms with van der Waals surface area (Å²) in [5, 5.41) is 0. The van der Waals surface area contributed by atoms with Crippen LogP contribution in [0.25, 0.3) is 11.1 Å². The molecule has 5 heteroatoms. The minimum atomic E-state index is -0.978. The van der Waals surface area contributed by atoms with Crippen LogP contribution in [0.5, 0.6) is 0 Å². The lowest BCUT2D eigenvalue weighted by Crippen LogP contribution is -2.45. The molecular weight excluding hydrogens is 322 g/mol. The number of alkyl halides is 1. The van der Waals surface area contributed by atoms with Crippen LogP contribution in [0.1, 0.15) is 24.8 Å². The molecule has 1 heterocycles. The molecule has 0 unspecified atom stereocenters. The normalized spacial score (nSPS) is 19.7. The molecule has 1 fully saturated rings. The van der Waals surface area contributed by atoms with Crippen molar-refractivity contribution < 1.29 is 13.6 Å². The van der Waals surface area contributed by atoms with Crippen LogP contribution in [0.3, 0.4) is 0 Å². The average molecular weight is 344 g/mol. The van der Waals surface area contributed by atoms with Crippen molar-refractivity contribution in [1.82, 2.24) is 4.90 Å². The lowest BCUT2D eigenvalue weighted by molar-refractivity contribution is -0.132. The third kappa shape index (κ3) is 3.71. The molecule has 1 aliphatic rings. The fourth-order valence-corrected chi connectivity index (χ4v) is 3.22. The first-order valence-electron chi connectivity index (χ1n) is 8.50. The van der Waals surface area contributed by atoms with E-state index in [-0.39, 0.29) is 24.2 Å². The number of benzene rings is 2. The maximum absolute atomic E-state index is 14.5. The highest BCUT2D eigenvalue weighted by atomic mass is 19.1. The molecule has 0 bridgehead atoms. The van der Waals surface area contributed by atoms with Crippen LogP contribution < -0.4 is 5.73 Å². The molecule has 3 nitrogen and oxygen atoms in total. The van der Waals surface area contributed by atoms with Gasteiger partial charge in [-0.05, 0) is 23.6 Å². The van der Waals surface area contributed by atoms with Crippen LogP contribution in [0.2, 0.25) is 0 Å². The first kappa shape index (κ1) is 17.5. The SMILES string of the molecule is C[C@@H](c1ccc(-c2ccccc2)c(F)c1)[C@H](N)C(=O)N1CC[C@H](F)C1. The van der Waals surface area contributed by atoms with E-state index in [4.69, 9.17) is 5.73 Å². The third-order valence-corrected chi connectivity index (χ3v) is 4.87. The summed E-state index contributed by atoms with van der Waals surface area (Å²) in [5.41, 5.74) is 8.05. The minimum absolute atomic E-state index is 0.0978. The molecule has 25 heavy (non-hydrogen) atoms. The van der Waals surface area contributed by atoms with Gasteiger partial charge in [0.15, 0.2) is 0 Å². The number of amides is 1. The summed E-state index contributed by atoms with van der Waals surface area (Å²) in [6, 6.07) is 13.4. The summed E-state index contributed by atoms with van der Waals surface area (Å²) in [4.78, 5) is 13.9. The standard InChI is InChI=1S/C20H22F2N2O/c1-13(19(23)20(25)24-10-9-16(21)12-24)15-7-8-17(18(22)11-15)14-5-3-2-4-6-14/h2-8,11,13,16,19H,9-10,12,23H2,1H3/t13-,16-,19-/m0/s1. The van der Waals surface area contributed by atoms with Crippen LogP contribution in [0.4, 0.5) is 8.78 Å². The van der Waals surface area contributed by atoms with Gasteiger partial charge in [-0.25, -0.2) is 8.78 Å². The highest BCUT2D eigenvalue weighted by molar-refractivity contribution is 5.83. The Hall–Kier alpha value is -2.27. The predicted molar refractivity (Wildman–Crippen MR) is 94.3 cm³/mol. The molecule has 3 rings (SSSR count). The minimum Gasteiger partial charge on any atom is -0.338 e. The molecule has 2 aromatic rings. The maximum atomic E-state index is 14.5. The van der Waals surface area contributed by atoms with E-state index in [0.29, 0.717) is 24.1 Å². The van der Waals surface area contributed by atoms with E-state index in [2.05, 4.69) is 0 Å². The monoisotopic (exact) mass is 344 g/mol. The average Bonchev–Trinajstić information content (AvgIpc) is 3.07. The Labute approximate surface area is 146 Å². The van der Waals surface area contributed by atoms with Gasteiger partial charge >= 0.3 is 0 Å². The molecule has 132 valence electrons. The Morgan fingerprint density at radius 1 is 1.24 bits per heavy atom. The molecule has 2 aromatic carbocycles. The fraction of sp³-hybridized carbons (Fsp3) is 0.350. The maximum Gasteiger partial charge on any atom is 0.240 e. The smallest absolute Gasteiger partial charge is 0.240 e. The molecule has 0 aliphatic carbocycles. The molecule has 1 aliphatic heterocycles. The van der Waals surface area contributed by atoms with Gasteiger partial charge in [0, 0.05) is 18.0 Å². The van der Waals surface area contributed by atoms with Gasteiger partial charge in [0.2, 0.25) is 5.91 Å². The first-order chi connectivity index (χ1) is 12.0. The van der Waals surface area contributed by atoms with Crippen LogP contribution in [0, 0.1) is 5.82 Å². The molecular formula is C20H22F2N2O. The molecule has 3 atom stereocenters. The van der Waals surface area contributed by atoms with Crippen molar-refractivity contribution in [2.45, 2.75) is 31.5 Å². The third-order valence-electron chi connectivity index (χ3n) is 4.87. The molecule has 0 saturated carbocycles. The quantitative estimate of drug-likeness (QED) is 0.923. The van der Waals surface area contributed by atoms with E-state index in [0.717, 1.165) is 5.56 Å². The first-order valence-corrected chi connectivity index (χ1v) is 8.50. The zero-order valence-corrected chi connectivity index (χ0v) is 14.2. The number of nitrogens with zero attached hydrogens (tertiary/aromatic N) is 1. The van der Waals surface area contributed by atoms with Crippen molar-refractivity contribution >= 4 is 5.91 Å². The predicted octanol–water partition coefficient (Wildman–Crippen LogP) is 3.49. The molecule has 1 amide bonds. The van der Waals surface area contributed by atoms with E-state index < -0.39 is 12.2 Å². The highest BCUT2D eigenvalue weighted by Crippen LogP contribution is 2.28. The molecule has 0 spiro atoms. The fourth-order valence-electron chi connectivity index (χ4n) is 3.22. The van der Waals surface area contributed by atoms with Crippen molar-refractivity contribution in [3.05, 3.63) is 59.9 Å². The highest BCUT2D eigenvalue weighted by Gasteiger charge is 2.32. The topological polar surface area (TPSA) is 46.3 Å². The van der Waals surface area contributed by atoms with Crippen LogP contribution in [0.15, 0.2) is 48.5 Å². The van der Waals surface area contributed by atoms with E-state index in [9.17, 15) is 13.6 Å². The van der Waals surface area contributed by atoms with Gasteiger partial charge in [0.25, 0.3) is 0 Å². The molecule has 0 aromatic heterocycles. The Kier molecular flexibility index (Phi) is 5.13. The number of nitrogens with two attached hydrogens (primary N) is 1. The number of hydrogen-bond donors (Lipinski definition) is 1. The van der Waals surface area contributed by atoms with Gasteiger partial charge in [0.05, 0.1) is 12.6 Å². The van der Waals surface area contributed by atoms with Gasteiger partial charge in [0.1, 0.15) is 12.0 Å². The van der Waals surface area contributed by atoms with Gasteiger partial charge in [-0.2, -0.15) is 0 Å². The van der Waals surface area contributed by atoms with Crippen molar-refractivity contribution in [2.75, 3.05) is 13.1 Å². The molecule has 2 N–H and O–H groups in total. The van der Waals surface area contributed by atoms with E-state index >= 15 is 0 Å². The molecule has 1 saturated heterocycles. The van der Waals surface area contributed by atoms with E-state index in [1.165, 1.54) is 11.0 Å². The number of carbonyl (C=O) groups excluding carboxylic acids is 1. The molecule has 0 radical (unpaired) electrons. The van der Waals surface area contributed by atoms with Crippen molar-refractivity contribution in [2.24, 2.45) is 5.73 Å². The number of rotatable bonds is 4. The number of carbonyl (C=O) groups is 1. The Bertz CT molecular complexity index is 751. The van der Waals surface area contributed by atoms with Crippen molar-refractivity contribution in [1.29, 1.82) is 0 Å². The summed E-state index contributed by atoms with van der Waals surface area (Å²) in [6.07, 6.45) is -0.623. The Morgan fingerprint density at radius 3 is 2.56 bits per heavy atom. The summed E-state index contributed by atoms with van der Waals surface area (Å²) < 4.78 is 27.8. The van der Waals surface area contributed by atoms with Crippen LogP contribution in [-0.4, -0.2) is 36.1 Å².